The second-order valence-corrected chi connectivity index (χ2v) is 7.43. The second-order valence-electron chi connectivity index (χ2n) is 7.43. The van der Waals surface area contributed by atoms with E-state index >= 15 is 0 Å². The molecule has 29 heavy (non-hydrogen) atoms. The normalized spacial score (nSPS) is 13.8. The fourth-order valence-corrected chi connectivity index (χ4v) is 3.89. The monoisotopic (exact) mass is 384 g/mol. The largest absolute Gasteiger partial charge is 0.354 e. The third kappa shape index (κ3) is 4.06. The molecule has 0 spiro atoms. The second kappa shape index (κ2) is 8.31. The Hall–Kier alpha value is -3.40. The van der Waals surface area contributed by atoms with Crippen LogP contribution in [0.1, 0.15) is 38.7 Å². The van der Waals surface area contributed by atoms with E-state index in [4.69, 9.17) is 0 Å². The van der Waals surface area contributed by atoms with Crippen molar-refractivity contribution >= 4 is 11.8 Å². The molecule has 4 rings (SSSR count). The van der Waals surface area contributed by atoms with Gasteiger partial charge in [-0.05, 0) is 36.1 Å². The Kier molecular flexibility index (Phi) is 5.43. The Morgan fingerprint density at radius 1 is 1.00 bits per heavy atom. The number of benzene rings is 3. The molecule has 4 nitrogen and oxygen atoms in total. The number of fused-ring (bicyclic) bond motifs is 1. The van der Waals surface area contributed by atoms with Crippen molar-refractivity contribution in [1.82, 2.24) is 10.2 Å². The third-order valence-corrected chi connectivity index (χ3v) is 5.32. The first-order valence-electron chi connectivity index (χ1n) is 9.90. The summed E-state index contributed by atoms with van der Waals surface area (Å²) in [5, 5.41) is 3.04. The first-order chi connectivity index (χ1) is 14.1. The van der Waals surface area contributed by atoms with E-state index in [9.17, 15) is 9.59 Å². The molecular formula is C25H24N2O2. The topological polar surface area (TPSA) is 49.4 Å². The molecule has 3 aromatic carbocycles. The lowest BCUT2D eigenvalue weighted by molar-refractivity contribution is -0.125. The van der Waals surface area contributed by atoms with Crippen LogP contribution in [0.2, 0.25) is 0 Å². The summed E-state index contributed by atoms with van der Waals surface area (Å²) in [6.07, 6.45) is 0.753. The lowest BCUT2D eigenvalue weighted by Crippen LogP contribution is -2.41. The summed E-state index contributed by atoms with van der Waals surface area (Å²) in [4.78, 5) is 27.8. The van der Waals surface area contributed by atoms with Gasteiger partial charge < -0.3 is 10.2 Å². The summed E-state index contributed by atoms with van der Waals surface area (Å²) in [5.41, 5.74) is 4.86. The third-order valence-electron chi connectivity index (χ3n) is 5.32. The van der Waals surface area contributed by atoms with E-state index < -0.39 is 6.04 Å². The minimum absolute atomic E-state index is 0.0942. The van der Waals surface area contributed by atoms with Crippen molar-refractivity contribution in [2.45, 2.75) is 25.9 Å². The van der Waals surface area contributed by atoms with Crippen LogP contribution < -0.4 is 5.32 Å². The number of nitrogens with one attached hydrogen (secondary N) is 1. The summed E-state index contributed by atoms with van der Waals surface area (Å²) in [5.74, 6) is -0.242. The highest BCUT2D eigenvalue weighted by molar-refractivity contribution is 6.01. The van der Waals surface area contributed by atoms with Crippen molar-refractivity contribution in [3.63, 3.8) is 0 Å². The van der Waals surface area contributed by atoms with Crippen LogP contribution in [-0.4, -0.2) is 23.3 Å². The highest BCUT2D eigenvalue weighted by atomic mass is 16.2. The van der Waals surface area contributed by atoms with Crippen molar-refractivity contribution in [1.29, 1.82) is 0 Å². The van der Waals surface area contributed by atoms with E-state index in [-0.39, 0.29) is 11.8 Å². The van der Waals surface area contributed by atoms with Crippen LogP contribution in [-0.2, 0) is 17.8 Å². The first-order valence-corrected chi connectivity index (χ1v) is 9.90. The van der Waals surface area contributed by atoms with Gasteiger partial charge in [-0.1, -0.05) is 78.4 Å². The van der Waals surface area contributed by atoms with Gasteiger partial charge in [-0.2, -0.15) is 0 Å². The fraction of sp³-hybridized carbons (Fsp3) is 0.200. The standard InChI is InChI=1S/C25H24N2O2/c1-18-8-7-9-19(16-18)14-15-26-24(28)23(20-10-3-2-4-11-20)27-17-21-12-5-6-13-22(21)25(27)29/h2-13,16,23H,14-15,17H2,1H3,(H,26,28)/t23-/m1/s1. The summed E-state index contributed by atoms with van der Waals surface area (Å²) in [6.45, 7) is 3.03. The molecule has 1 aliphatic rings. The molecule has 0 aromatic heterocycles. The van der Waals surface area contributed by atoms with Crippen LogP contribution in [0.5, 0.6) is 0 Å². The summed E-state index contributed by atoms with van der Waals surface area (Å²) in [6, 6.07) is 24.7. The molecule has 1 N–H and O–H groups in total. The Morgan fingerprint density at radius 3 is 2.52 bits per heavy atom. The number of hydrogen-bond acceptors (Lipinski definition) is 2. The number of amides is 2. The van der Waals surface area contributed by atoms with Crippen LogP contribution in [0.15, 0.2) is 78.9 Å². The minimum Gasteiger partial charge on any atom is -0.354 e. The van der Waals surface area contributed by atoms with Gasteiger partial charge in [-0.25, -0.2) is 0 Å². The van der Waals surface area contributed by atoms with Crippen LogP contribution in [0.4, 0.5) is 0 Å². The molecule has 146 valence electrons. The van der Waals surface area contributed by atoms with Crippen molar-refractivity contribution in [2.75, 3.05) is 6.54 Å². The summed E-state index contributed by atoms with van der Waals surface area (Å²) < 4.78 is 0. The molecule has 0 saturated heterocycles. The molecule has 1 heterocycles. The van der Waals surface area contributed by atoms with Crippen LogP contribution in [0.25, 0.3) is 0 Å². The molecule has 3 aromatic rings. The quantitative estimate of drug-likeness (QED) is 0.697. The maximum Gasteiger partial charge on any atom is 0.255 e. The average Bonchev–Trinajstić information content (AvgIpc) is 3.06. The van der Waals surface area contributed by atoms with Gasteiger partial charge >= 0.3 is 0 Å². The average molecular weight is 384 g/mol. The maximum atomic E-state index is 13.2. The molecule has 2 amide bonds. The van der Waals surface area contributed by atoms with Gasteiger partial charge in [0.25, 0.3) is 5.91 Å². The lowest BCUT2D eigenvalue weighted by Gasteiger charge is -2.27. The number of nitrogens with zero attached hydrogens (tertiary/aromatic N) is 1. The number of rotatable bonds is 6. The maximum absolute atomic E-state index is 13.2. The highest BCUT2D eigenvalue weighted by Crippen LogP contribution is 2.31. The van der Waals surface area contributed by atoms with Crippen molar-refractivity contribution in [2.24, 2.45) is 0 Å². The smallest absolute Gasteiger partial charge is 0.255 e. The molecule has 4 heteroatoms. The molecule has 0 bridgehead atoms. The molecule has 0 aliphatic carbocycles. The van der Waals surface area contributed by atoms with Gasteiger partial charge in [0, 0.05) is 18.7 Å². The SMILES string of the molecule is Cc1cccc(CCNC(=O)[C@@H](c2ccccc2)N2Cc3ccccc3C2=O)c1. The van der Waals surface area contributed by atoms with Gasteiger partial charge in [0.15, 0.2) is 0 Å². The van der Waals surface area contributed by atoms with Crippen LogP contribution in [0.3, 0.4) is 0 Å². The van der Waals surface area contributed by atoms with E-state index in [2.05, 4.69) is 30.4 Å². The Bertz CT molecular complexity index is 1030. The molecule has 0 saturated carbocycles. The Labute approximate surface area is 171 Å². The fourth-order valence-electron chi connectivity index (χ4n) is 3.89. The number of aryl methyl sites for hydroxylation is 1. The molecule has 0 fully saturated rings. The zero-order chi connectivity index (χ0) is 20.2. The van der Waals surface area contributed by atoms with Gasteiger partial charge in [0.2, 0.25) is 5.91 Å². The van der Waals surface area contributed by atoms with E-state index in [0.29, 0.717) is 18.7 Å². The van der Waals surface area contributed by atoms with E-state index in [1.165, 1.54) is 11.1 Å². The predicted octanol–water partition coefficient (Wildman–Crippen LogP) is 4.05. The van der Waals surface area contributed by atoms with Crippen LogP contribution in [0, 0.1) is 6.92 Å². The number of carbonyl (C=O) groups is 2. The predicted molar refractivity (Wildman–Crippen MR) is 113 cm³/mol. The molecular weight excluding hydrogens is 360 g/mol. The molecule has 1 atom stereocenters. The Morgan fingerprint density at radius 2 is 1.76 bits per heavy atom. The van der Waals surface area contributed by atoms with E-state index in [0.717, 1.165) is 17.5 Å². The molecule has 0 unspecified atom stereocenters. The number of hydrogen-bond donors (Lipinski definition) is 1. The first kappa shape index (κ1) is 18.9. The van der Waals surface area contributed by atoms with E-state index in [1.54, 1.807) is 4.90 Å². The zero-order valence-electron chi connectivity index (χ0n) is 16.5. The van der Waals surface area contributed by atoms with Gasteiger partial charge in [-0.15, -0.1) is 0 Å². The van der Waals surface area contributed by atoms with Gasteiger partial charge in [0.05, 0.1) is 0 Å². The van der Waals surface area contributed by atoms with Crippen LogP contribution >= 0.6 is 0 Å². The highest BCUT2D eigenvalue weighted by Gasteiger charge is 2.36. The lowest BCUT2D eigenvalue weighted by atomic mass is 10.0. The van der Waals surface area contributed by atoms with Gasteiger partial charge in [-0.3, -0.25) is 9.59 Å². The summed E-state index contributed by atoms with van der Waals surface area (Å²) in [7, 11) is 0. The van der Waals surface area contributed by atoms with Gasteiger partial charge in [0.1, 0.15) is 6.04 Å². The van der Waals surface area contributed by atoms with E-state index in [1.807, 2.05) is 60.7 Å². The van der Waals surface area contributed by atoms with Crippen molar-refractivity contribution in [3.8, 4) is 0 Å². The van der Waals surface area contributed by atoms with Crippen molar-refractivity contribution in [3.05, 3.63) is 107 Å². The minimum atomic E-state index is -0.645. The zero-order valence-corrected chi connectivity index (χ0v) is 16.5. The summed E-state index contributed by atoms with van der Waals surface area (Å²) >= 11 is 0. The molecule has 0 radical (unpaired) electrons. The van der Waals surface area contributed by atoms with Crippen molar-refractivity contribution < 1.29 is 9.59 Å². The Balaban J connectivity index is 1.52. The number of carbonyl (C=O) groups excluding carboxylic acids is 2. The molecule has 1 aliphatic heterocycles.